The average molecular weight is 230 g/mol. The van der Waals surface area contributed by atoms with Crippen molar-refractivity contribution in [1.29, 1.82) is 0 Å². The van der Waals surface area contributed by atoms with Gasteiger partial charge >= 0.3 is 0 Å². The highest BCUT2D eigenvalue weighted by atomic mass is 32.1. The van der Waals surface area contributed by atoms with Gasteiger partial charge in [-0.15, -0.1) is 7.87 Å². The largest absolute Gasteiger partial charge is 0.102 e. The molecule has 1 saturated carbocycles. The van der Waals surface area contributed by atoms with Crippen LogP contribution in [0.15, 0.2) is 0 Å². The minimum Gasteiger partial charge on any atom is -0.102 e. The summed E-state index contributed by atoms with van der Waals surface area (Å²) in [7, 11) is 4.44. The second-order valence-corrected chi connectivity index (χ2v) is 9.54. The molecule has 1 aromatic heterocycles. The van der Waals surface area contributed by atoms with Crippen LogP contribution < -0.4 is 0 Å². The number of hydrogen-bond donors (Lipinski definition) is 0. The molecule has 0 spiro atoms. The highest BCUT2D eigenvalue weighted by Crippen LogP contribution is 2.48. The smallest absolute Gasteiger partial charge is 0.00573 e. The van der Waals surface area contributed by atoms with E-state index in [-0.39, 0.29) is 0 Å². The number of rotatable bonds is 1. The van der Waals surface area contributed by atoms with Crippen LogP contribution in [0.5, 0.6) is 0 Å². The SMILES string of the molecule is Cc1[pH]ppc1C1CCCCCC1. The van der Waals surface area contributed by atoms with E-state index in [2.05, 4.69) is 6.92 Å². The van der Waals surface area contributed by atoms with Crippen LogP contribution in [0.1, 0.15) is 55.0 Å². The van der Waals surface area contributed by atoms with E-state index in [0.717, 1.165) is 13.8 Å². The lowest BCUT2D eigenvalue weighted by Gasteiger charge is -2.12. The van der Waals surface area contributed by atoms with E-state index in [1.807, 2.05) is 5.30 Å². The summed E-state index contributed by atoms with van der Waals surface area (Å²) in [5.41, 5.74) is 0. The molecule has 1 aromatic rings. The highest BCUT2D eigenvalue weighted by Gasteiger charge is 2.16. The Morgan fingerprint density at radius 2 is 1.85 bits per heavy atom. The first kappa shape index (κ1) is 10.2. The van der Waals surface area contributed by atoms with E-state index in [0.29, 0.717) is 0 Å². The van der Waals surface area contributed by atoms with E-state index in [1.54, 1.807) is 20.7 Å². The molecule has 3 heteroatoms. The highest BCUT2D eigenvalue weighted by molar-refractivity contribution is 8.17. The molecule has 72 valence electrons. The van der Waals surface area contributed by atoms with Gasteiger partial charge in [0, 0.05) is 0 Å². The molecule has 0 amide bonds. The van der Waals surface area contributed by atoms with Crippen LogP contribution in [0.25, 0.3) is 0 Å². The third-order valence-electron chi connectivity index (χ3n) is 3.00. The van der Waals surface area contributed by atoms with Gasteiger partial charge in [-0.2, -0.15) is 0 Å². The monoisotopic (exact) mass is 230 g/mol. The van der Waals surface area contributed by atoms with Crippen LogP contribution in [0.4, 0.5) is 0 Å². The first-order valence-electron chi connectivity index (χ1n) is 5.25. The Balaban J connectivity index is 2.10. The summed E-state index contributed by atoms with van der Waals surface area (Å²) in [5.74, 6) is 0.978. The van der Waals surface area contributed by atoms with Crippen molar-refractivity contribution >= 4 is 23.3 Å². The van der Waals surface area contributed by atoms with Crippen molar-refractivity contribution in [3.05, 3.63) is 10.6 Å². The van der Waals surface area contributed by atoms with Crippen molar-refractivity contribution in [3.63, 3.8) is 0 Å². The zero-order valence-electron chi connectivity index (χ0n) is 8.21. The van der Waals surface area contributed by atoms with E-state index in [1.165, 1.54) is 38.5 Å². The summed E-state index contributed by atoms with van der Waals surface area (Å²) >= 11 is 0. The average Bonchev–Trinajstić information content (AvgIpc) is 2.43. The Kier molecular flexibility index (Phi) is 3.86. The van der Waals surface area contributed by atoms with Gasteiger partial charge in [-0.05, 0) is 51.7 Å². The molecule has 1 aliphatic rings. The third-order valence-corrected chi connectivity index (χ3v) is 8.99. The molecule has 0 aliphatic heterocycles. The predicted octanol–water partition coefficient (Wildman–Crippen LogP) is 5.62. The van der Waals surface area contributed by atoms with Crippen LogP contribution >= 0.6 is 23.3 Å². The van der Waals surface area contributed by atoms with Crippen molar-refractivity contribution in [2.45, 2.75) is 51.4 Å². The van der Waals surface area contributed by atoms with E-state index >= 15 is 0 Å². The maximum absolute atomic E-state index is 2.37. The van der Waals surface area contributed by atoms with Gasteiger partial charge in [-0.25, -0.2) is 0 Å². The van der Waals surface area contributed by atoms with Gasteiger partial charge in [-0.1, -0.05) is 25.7 Å². The van der Waals surface area contributed by atoms with Gasteiger partial charge in [0.25, 0.3) is 0 Å². The Labute approximate surface area is 85.6 Å². The lowest BCUT2D eigenvalue weighted by atomic mass is 9.98. The van der Waals surface area contributed by atoms with Gasteiger partial charge in [0.05, 0.1) is 0 Å². The maximum Gasteiger partial charge on any atom is -0.00573 e. The topological polar surface area (TPSA) is 0 Å². The number of hydrogen-bond acceptors (Lipinski definition) is 0. The van der Waals surface area contributed by atoms with Crippen molar-refractivity contribution in [2.75, 3.05) is 0 Å². The Bertz CT molecular complexity index is 259. The standard InChI is InChI=1S/C10H17P3/c1-8-10(12-13-11-8)9-6-4-2-3-5-7-9/h9,11H,2-7H2,1H3. The first-order chi connectivity index (χ1) is 6.38. The van der Waals surface area contributed by atoms with Crippen LogP contribution in [-0.4, -0.2) is 0 Å². The minimum atomic E-state index is 0.978. The van der Waals surface area contributed by atoms with Gasteiger partial charge in [0.2, 0.25) is 0 Å². The molecule has 0 aromatic carbocycles. The Morgan fingerprint density at radius 1 is 1.15 bits per heavy atom. The van der Waals surface area contributed by atoms with Gasteiger partial charge in [0.1, 0.15) is 0 Å². The predicted molar refractivity (Wildman–Crippen MR) is 66.1 cm³/mol. The van der Waals surface area contributed by atoms with Crippen molar-refractivity contribution in [1.82, 2.24) is 0 Å². The van der Waals surface area contributed by atoms with Crippen molar-refractivity contribution < 1.29 is 0 Å². The molecule has 1 aliphatic carbocycles. The zero-order chi connectivity index (χ0) is 9.10. The Hall–Kier alpha value is 0.640. The summed E-state index contributed by atoms with van der Waals surface area (Å²) in [6.07, 6.45) is 8.91. The lowest BCUT2D eigenvalue weighted by Crippen LogP contribution is -1.94. The van der Waals surface area contributed by atoms with Crippen LogP contribution in [-0.2, 0) is 0 Å². The summed E-state index contributed by atoms with van der Waals surface area (Å²) in [6, 6.07) is 0. The molecule has 0 nitrogen and oxygen atoms in total. The fraction of sp³-hybridized carbons (Fsp3) is 0.800. The number of aryl methyl sites for hydroxylation is 1. The first-order valence-corrected chi connectivity index (χ1v) is 9.59. The molecule has 0 radical (unpaired) electrons. The molecule has 0 bridgehead atoms. The normalized spacial score (nSPS) is 21.9. The second kappa shape index (κ2) is 4.93. The van der Waals surface area contributed by atoms with Crippen LogP contribution in [0, 0.1) is 6.92 Å². The molecular formula is C10H17P3. The van der Waals surface area contributed by atoms with E-state index < -0.39 is 0 Å². The summed E-state index contributed by atoms with van der Waals surface area (Å²) in [5, 5.41) is 3.58. The summed E-state index contributed by atoms with van der Waals surface area (Å²) in [6.45, 7) is 2.37. The van der Waals surface area contributed by atoms with E-state index in [9.17, 15) is 0 Å². The molecule has 2 rings (SSSR count). The molecular weight excluding hydrogens is 213 g/mol. The zero-order valence-corrected chi connectivity index (χ0v) is 11.0. The second-order valence-electron chi connectivity index (χ2n) is 4.01. The Morgan fingerprint density at radius 3 is 2.38 bits per heavy atom. The molecule has 13 heavy (non-hydrogen) atoms. The van der Waals surface area contributed by atoms with Crippen LogP contribution in [0.2, 0.25) is 0 Å². The van der Waals surface area contributed by atoms with Crippen molar-refractivity contribution in [3.8, 4) is 0 Å². The molecule has 1 fully saturated rings. The lowest BCUT2D eigenvalue weighted by molar-refractivity contribution is 0.600. The fourth-order valence-electron chi connectivity index (χ4n) is 2.23. The van der Waals surface area contributed by atoms with Gasteiger partial charge in [-0.3, -0.25) is 0 Å². The summed E-state index contributed by atoms with van der Waals surface area (Å²) in [4.78, 5) is 0. The van der Waals surface area contributed by atoms with Gasteiger partial charge < -0.3 is 0 Å². The quantitative estimate of drug-likeness (QED) is 0.549. The molecule has 1 atom stereocenters. The molecule has 0 N–H and O–H groups in total. The maximum atomic E-state index is 2.37. The van der Waals surface area contributed by atoms with E-state index in [4.69, 9.17) is 0 Å². The molecule has 1 heterocycles. The van der Waals surface area contributed by atoms with Crippen LogP contribution in [0.3, 0.4) is 0 Å². The fourth-order valence-corrected chi connectivity index (χ4v) is 9.30. The third kappa shape index (κ3) is 2.56. The van der Waals surface area contributed by atoms with Crippen molar-refractivity contribution in [2.24, 2.45) is 0 Å². The molecule has 0 saturated heterocycles. The molecule has 1 unspecified atom stereocenters. The minimum absolute atomic E-state index is 0.978. The van der Waals surface area contributed by atoms with Gasteiger partial charge in [0.15, 0.2) is 0 Å². The summed E-state index contributed by atoms with van der Waals surface area (Å²) < 4.78 is 0.